The SMILES string of the molecule is O=P(O)(c1ccccc1)c1ccccc1.[Ti]. The summed E-state index contributed by atoms with van der Waals surface area (Å²) >= 11 is 0. The number of benzene rings is 2. The summed E-state index contributed by atoms with van der Waals surface area (Å²) in [7, 11) is -3.40. The standard InChI is InChI=1S/C12H11O2P.Ti/c13-15(14,11-7-3-1-4-8-11)12-9-5-2-6-10-12;/h1-10H,(H,13,14);. The third kappa shape index (κ3) is 2.72. The van der Waals surface area contributed by atoms with Gasteiger partial charge in [-0.2, -0.15) is 0 Å². The quantitative estimate of drug-likeness (QED) is 0.666. The molecule has 0 bridgehead atoms. The maximum absolute atomic E-state index is 12.2. The Bertz CT molecular complexity index is 441. The van der Waals surface area contributed by atoms with E-state index in [1.54, 1.807) is 48.5 Å². The van der Waals surface area contributed by atoms with Crippen molar-refractivity contribution >= 4 is 18.0 Å². The Kier molecular flexibility index (Phi) is 4.70. The summed E-state index contributed by atoms with van der Waals surface area (Å²) in [5.41, 5.74) is 0. The van der Waals surface area contributed by atoms with Crippen LogP contribution in [-0.4, -0.2) is 4.89 Å². The first kappa shape index (κ1) is 13.4. The molecule has 0 aliphatic carbocycles. The fourth-order valence-corrected chi connectivity index (χ4v) is 2.86. The minimum atomic E-state index is -3.40. The molecule has 16 heavy (non-hydrogen) atoms. The van der Waals surface area contributed by atoms with Crippen molar-refractivity contribution in [1.29, 1.82) is 0 Å². The van der Waals surface area contributed by atoms with Gasteiger partial charge in [-0.25, -0.2) is 0 Å². The zero-order valence-electron chi connectivity index (χ0n) is 8.58. The van der Waals surface area contributed by atoms with Crippen molar-refractivity contribution in [3.8, 4) is 0 Å². The van der Waals surface area contributed by atoms with Gasteiger partial charge in [0.25, 0.3) is 7.37 Å². The van der Waals surface area contributed by atoms with Gasteiger partial charge in [0.05, 0.1) is 0 Å². The molecule has 0 aliphatic rings. The Morgan fingerprint density at radius 3 is 1.38 bits per heavy atom. The van der Waals surface area contributed by atoms with Crippen LogP contribution in [0.15, 0.2) is 60.7 Å². The van der Waals surface area contributed by atoms with Gasteiger partial charge in [0.2, 0.25) is 0 Å². The zero-order valence-corrected chi connectivity index (χ0v) is 11.0. The molecule has 0 heterocycles. The van der Waals surface area contributed by atoms with Crippen LogP contribution in [0.2, 0.25) is 0 Å². The summed E-state index contributed by atoms with van der Waals surface area (Å²) in [4.78, 5) is 10.0. The first-order valence-corrected chi connectivity index (χ1v) is 6.31. The van der Waals surface area contributed by atoms with Crippen LogP contribution in [0.3, 0.4) is 0 Å². The van der Waals surface area contributed by atoms with Crippen LogP contribution < -0.4 is 10.6 Å². The number of rotatable bonds is 2. The summed E-state index contributed by atoms with van der Waals surface area (Å²) < 4.78 is 12.2. The third-order valence-corrected chi connectivity index (χ3v) is 4.21. The van der Waals surface area contributed by atoms with Crippen molar-refractivity contribution < 1.29 is 31.2 Å². The Balaban J connectivity index is 0.00000128. The van der Waals surface area contributed by atoms with Gasteiger partial charge in [-0.1, -0.05) is 36.4 Å². The van der Waals surface area contributed by atoms with E-state index >= 15 is 0 Å². The number of hydrogen-bond donors (Lipinski definition) is 1. The summed E-state index contributed by atoms with van der Waals surface area (Å²) in [5, 5.41) is 0.937. The molecule has 2 aromatic rings. The van der Waals surface area contributed by atoms with Crippen LogP contribution in [0.25, 0.3) is 0 Å². The molecule has 0 fully saturated rings. The molecule has 4 heteroatoms. The summed E-state index contributed by atoms with van der Waals surface area (Å²) in [6.07, 6.45) is 0. The summed E-state index contributed by atoms with van der Waals surface area (Å²) in [5.74, 6) is 0. The minimum absolute atomic E-state index is 0. The molecule has 2 nitrogen and oxygen atoms in total. The summed E-state index contributed by atoms with van der Waals surface area (Å²) in [6.45, 7) is 0. The molecule has 0 amide bonds. The predicted octanol–water partition coefficient (Wildman–Crippen LogP) is 1.91. The second-order valence-electron chi connectivity index (χ2n) is 3.25. The normalized spacial score (nSPS) is 10.6. The molecule has 0 aromatic heterocycles. The van der Waals surface area contributed by atoms with Crippen molar-refractivity contribution in [3.05, 3.63) is 60.7 Å². The average molecular weight is 266 g/mol. The van der Waals surface area contributed by atoms with Crippen LogP contribution in [-0.2, 0) is 26.3 Å². The molecule has 0 atom stereocenters. The van der Waals surface area contributed by atoms with E-state index in [4.69, 9.17) is 0 Å². The molecule has 0 spiro atoms. The Morgan fingerprint density at radius 1 is 0.750 bits per heavy atom. The van der Waals surface area contributed by atoms with Crippen molar-refractivity contribution in [2.75, 3.05) is 0 Å². The van der Waals surface area contributed by atoms with Crippen LogP contribution in [0.5, 0.6) is 0 Å². The number of hydrogen-bond acceptors (Lipinski definition) is 1. The molecule has 0 saturated carbocycles. The molecule has 0 saturated heterocycles. The molecule has 2 aromatic carbocycles. The molecular weight excluding hydrogens is 255 g/mol. The monoisotopic (exact) mass is 266 g/mol. The van der Waals surface area contributed by atoms with Gasteiger partial charge < -0.3 is 4.89 Å². The van der Waals surface area contributed by atoms with E-state index in [2.05, 4.69) is 0 Å². The van der Waals surface area contributed by atoms with E-state index < -0.39 is 7.37 Å². The molecule has 80 valence electrons. The molecule has 2 rings (SSSR count). The molecule has 1 N–H and O–H groups in total. The minimum Gasteiger partial charge on any atom is -0.338 e. The molecule has 0 unspecified atom stereocenters. The Morgan fingerprint density at radius 2 is 1.06 bits per heavy atom. The van der Waals surface area contributed by atoms with E-state index in [0.717, 1.165) is 0 Å². The third-order valence-electron chi connectivity index (χ3n) is 2.21. The zero-order chi connectivity index (χ0) is 10.7. The predicted molar refractivity (Wildman–Crippen MR) is 62.0 cm³/mol. The van der Waals surface area contributed by atoms with Crippen molar-refractivity contribution in [3.63, 3.8) is 0 Å². The van der Waals surface area contributed by atoms with Gasteiger partial charge in [0.1, 0.15) is 0 Å². The Labute approximate surface area is 110 Å². The maximum Gasteiger partial charge on any atom is 0.258 e. The van der Waals surface area contributed by atoms with E-state index in [1.807, 2.05) is 12.1 Å². The fraction of sp³-hybridized carbons (Fsp3) is 0. The van der Waals surface area contributed by atoms with E-state index in [0.29, 0.717) is 10.6 Å². The Hall–Kier alpha value is -0.656. The van der Waals surface area contributed by atoms with Crippen molar-refractivity contribution in [2.24, 2.45) is 0 Å². The average Bonchev–Trinajstić information content (AvgIpc) is 2.31. The van der Waals surface area contributed by atoms with Gasteiger partial charge in [-0.15, -0.1) is 0 Å². The van der Waals surface area contributed by atoms with Gasteiger partial charge in [-0.3, -0.25) is 4.57 Å². The maximum atomic E-state index is 12.2. The molecule has 0 aliphatic heterocycles. The van der Waals surface area contributed by atoms with E-state index in [1.165, 1.54) is 0 Å². The van der Waals surface area contributed by atoms with Crippen LogP contribution >= 0.6 is 7.37 Å². The first-order chi connectivity index (χ1) is 7.21. The van der Waals surface area contributed by atoms with Crippen LogP contribution in [0, 0.1) is 0 Å². The molecular formula is C12H11O2PTi. The first-order valence-electron chi connectivity index (χ1n) is 4.65. The van der Waals surface area contributed by atoms with Gasteiger partial charge >= 0.3 is 0 Å². The van der Waals surface area contributed by atoms with E-state index in [9.17, 15) is 9.46 Å². The summed E-state index contributed by atoms with van der Waals surface area (Å²) in [6, 6.07) is 17.4. The van der Waals surface area contributed by atoms with Gasteiger partial charge in [-0.05, 0) is 24.3 Å². The van der Waals surface area contributed by atoms with E-state index in [-0.39, 0.29) is 21.7 Å². The van der Waals surface area contributed by atoms with Crippen LogP contribution in [0.4, 0.5) is 0 Å². The largest absolute Gasteiger partial charge is 0.338 e. The molecule has 0 radical (unpaired) electrons. The fourth-order valence-electron chi connectivity index (χ4n) is 1.41. The second-order valence-corrected chi connectivity index (χ2v) is 5.43. The second kappa shape index (κ2) is 5.61. The smallest absolute Gasteiger partial charge is 0.258 e. The van der Waals surface area contributed by atoms with Gasteiger partial charge in [0.15, 0.2) is 0 Å². The van der Waals surface area contributed by atoms with Crippen molar-refractivity contribution in [2.45, 2.75) is 0 Å². The van der Waals surface area contributed by atoms with Gasteiger partial charge in [0, 0.05) is 32.3 Å². The topological polar surface area (TPSA) is 37.3 Å². The van der Waals surface area contributed by atoms with Crippen molar-refractivity contribution in [1.82, 2.24) is 0 Å². The van der Waals surface area contributed by atoms with Crippen LogP contribution in [0.1, 0.15) is 0 Å².